The fourth-order valence-corrected chi connectivity index (χ4v) is 2.60. The molecular weight excluding hydrogens is 237 g/mol. The van der Waals surface area contributed by atoms with Crippen LogP contribution in [-0.2, 0) is 12.8 Å². The van der Waals surface area contributed by atoms with E-state index < -0.39 is 11.8 Å². The zero-order valence-corrected chi connectivity index (χ0v) is 9.42. The Hall–Kier alpha value is -2.17. The number of aryl methyl sites for hydroxylation is 1. The Morgan fingerprint density at radius 2 is 2.00 bits per heavy atom. The number of hydrogen-bond acceptors (Lipinski definition) is 2. The van der Waals surface area contributed by atoms with Crippen molar-refractivity contribution >= 4 is 16.9 Å². The van der Waals surface area contributed by atoms with Crippen molar-refractivity contribution in [1.29, 1.82) is 0 Å². The lowest BCUT2D eigenvalue weighted by Gasteiger charge is -2.07. The summed E-state index contributed by atoms with van der Waals surface area (Å²) in [6.07, 6.45) is 2.15. The van der Waals surface area contributed by atoms with Crippen molar-refractivity contribution in [2.45, 2.75) is 19.3 Å². The maximum absolute atomic E-state index is 14.0. The first-order chi connectivity index (χ1) is 8.58. The molecule has 1 aliphatic rings. The molecule has 2 aromatic rings. The van der Waals surface area contributed by atoms with Gasteiger partial charge in [-0.2, -0.15) is 0 Å². The monoisotopic (exact) mass is 247 g/mol. The van der Waals surface area contributed by atoms with Crippen LogP contribution in [0.1, 0.15) is 27.9 Å². The van der Waals surface area contributed by atoms with E-state index in [2.05, 4.69) is 4.98 Å². The second-order valence-corrected chi connectivity index (χ2v) is 4.45. The fourth-order valence-electron chi connectivity index (χ4n) is 2.60. The van der Waals surface area contributed by atoms with Gasteiger partial charge < -0.3 is 10.1 Å². The van der Waals surface area contributed by atoms with E-state index in [4.69, 9.17) is 5.11 Å². The van der Waals surface area contributed by atoms with Crippen LogP contribution in [0.25, 0.3) is 10.9 Å². The number of pyridine rings is 1. The van der Waals surface area contributed by atoms with Crippen molar-refractivity contribution in [2.24, 2.45) is 0 Å². The fraction of sp³-hybridized carbons (Fsp3) is 0.231. The van der Waals surface area contributed by atoms with Gasteiger partial charge in [0.1, 0.15) is 5.82 Å². The standard InChI is InChI=1S/C13H10FNO3/c14-9-4-6(13(17)18)5-10-11(9)7-2-1-3-8(7)12(16)15-10/h4-5H,1-3H2,(H,15,16)(H,17,18). The van der Waals surface area contributed by atoms with E-state index in [1.54, 1.807) is 0 Å². The highest BCUT2D eigenvalue weighted by atomic mass is 19.1. The first-order valence-corrected chi connectivity index (χ1v) is 5.68. The van der Waals surface area contributed by atoms with E-state index in [1.807, 2.05) is 0 Å². The molecule has 1 aromatic carbocycles. The topological polar surface area (TPSA) is 70.2 Å². The van der Waals surface area contributed by atoms with Gasteiger partial charge in [-0.1, -0.05) is 0 Å². The molecule has 0 unspecified atom stereocenters. The molecule has 5 heteroatoms. The van der Waals surface area contributed by atoms with Crippen LogP contribution in [0.5, 0.6) is 0 Å². The Bertz CT molecular complexity index is 733. The van der Waals surface area contributed by atoms with Crippen molar-refractivity contribution in [3.05, 3.63) is 45.0 Å². The SMILES string of the molecule is O=C(O)c1cc(F)c2c3c(c(=O)[nH]c2c1)CCC3. The first-order valence-electron chi connectivity index (χ1n) is 5.68. The van der Waals surface area contributed by atoms with E-state index in [9.17, 15) is 14.0 Å². The maximum Gasteiger partial charge on any atom is 0.335 e. The third-order valence-corrected chi connectivity index (χ3v) is 3.38. The van der Waals surface area contributed by atoms with E-state index >= 15 is 0 Å². The lowest BCUT2D eigenvalue weighted by atomic mass is 10.0. The van der Waals surface area contributed by atoms with Crippen molar-refractivity contribution in [3.8, 4) is 0 Å². The summed E-state index contributed by atoms with van der Waals surface area (Å²) in [5.74, 6) is -1.79. The maximum atomic E-state index is 14.0. The summed E-state index contributed by atoms with van der Waals surface area (Å²) in [7, 11) is 0. The average molecular weight is 247 g/mol. The molecule has 0 bridgehead atoms. The van der Waals surface area contributed by atoms with Gasteiger partial charge in [0.25, 0.3) is 5.56 Å². The number of fused-ring (bicyclic) bond motifs is 3. The van der Waals surface area contributed by atoms with E-state index in [-0.39, 0.29) is 16.6 Å². The normalized spacial score (nSPS) is 13.8. The average Bonchev–Trinajstić information content (AvgIpc) is 2.77. The Kier molecular flexibility index (Phi) is 2.23. The van der Waals surface area contributed by atoms with Gasteiger partial charge in [-0.3, -0.25) is 4.79 Å². The van der Waals surface area contributed by atoms with Crippen molar-refractivity contribution < 1.29 is 14.3 Å². The second-order valence-electron chi connectivity index (χ2n) is 4.45. The van der Waals surface area contributed by atoms with Crippen LogP contribution >= 0.6 is 0 Å². The molecule has 4 nitrogen and oxygen atoms in total. The number of aromatic carboxylic acids is 1. The highest BCUT2D eigenvalue weighted by Gasteiger charge is 2.21. The molecule has 18 heavy (non-hydrogen) atoms. The summed E-state index contributed by atoms with van der Waals surface area (Å²) in [6, 6.07) is 2.31. The summed E-state index contributed by atoms with van der Waals surface area (Å²) in [4.78, 5) is 25.2. The van der Waals surface area contributed by atoms with E-state index in [0.29, 0.717) is 23.8 Å². The van der Waals surface area contributed by atoms with Gasteiger partial charge in [-0.15, -0.1) is 0 Å². The molecule has 2 N–H and O–H groups in total. The molecule has 0 aliphatic heterocycles. The number of H-pyrrole nitrogens is 1. The molecule has 3 rings (SSSR count). The van der Waals surface area contributed by atoms with Crippen LogP contribution in [-0.4, -0.2) is 16.1 Å². The molecule has 0 atom stereocenters. The van der Waals surface area contributed by atoms with Crippen LogP contribution in [0, 0.1) is 5.82 Å². The summed E-state index contributed by atoms with van der Waals surface area (Å²) in [5, 5.41) is 9.23. The van der Waals surface area contributed by atoms with Crippen LogP contribution < -0.4 is 5.56 Å². The van der Waals surface area contributed by atoms with Gasteiger partial charge in [0.05, 0.1) is 11.1 Å². The number of carboxylic acid groups (broad SMARTS) is 1. The third-order valence-electron chi connectivity index (χ3n) is 3.38. The van der Waals surface area contributed by atoms with Gasteiger partial charge in [0.15, 0.2) is 0 Å². The van der Waals surface area contributed by atoms with Crippen molar-refractivity contribution in [1.82, 2.24) is 4.98 Å². The number of halogens is 1. The minimum absolute atomic E-state index is 0.159. The molecule has 1 aliphatic carbocycles. The Labute approximate surface area is 101 Å². The Morgan fingerprint density at radius 3 is 2.72 bits per heavy atom. The summed E-state index contributed by atoms with van der Waals surface area (Å²) < 4.78 is 14.0. The van der Waals surface area contributed by atoms with Gasteiger partial charge in [0, 0.05) is 10.9 Å². The minimum Gasteiger partial charge on any atom is -0.478 e. The molecular formula is C13H10FNO3. The predicted molar refractivity (Wildman–Crippen MR) is 63.5 cm³/mol. The predicted octanol–water partition coefficient (Wildman–Crippen LogP) is 1.85. The molecule has 92 valence electrons. The Balaban J connectivity index is 2.44. The molecule has 1 aromatic heterocycles. The zero-order valence-electron chi connectivity index (χ0n) is 9.42. The summed E-state index contributed by atoms with van der Waals surface area (Å²) in [6.45, 7) is 0. The molecule has 0 saturated heterocycles. The molecule has 1 heterocycles. The zero-order chi connectivity index (χ0) is 12.9. The lowest BCUT2D eigenvalue weighted by Crippen LogP contribution is -2.13. The van der Waals surface area contributed by atoms with Crippen molar-refractivity contribution in [3.63, 3.8) is 0 Å². The highest BCUT2D eigenvalue weighted by Crippen LogP contribution is 2.28. The van der Waals surface area contributed by atoms with Crippen LogP contribution in [0.4, 0.5) is 4.39 Å². The number of aromatic nitrogens is 1. The van der Waals surface area contributed by atoms with Gasteiger partial charge in [-0.05, 0) is 37.0 Å². The van der Waals surface area contributed by atoms with E-state index in [0.717, 1.165) is 18.1 Å². The number of carbonyl (C=O) groups is 1. The third kappa shape index (κ3) is 1.44. The summed E-state index contributed by atoms with van der Waals surface area (Å²) >= 11 is 0. The molecule has 0 saturated carbocycles. The Morgan fingerprint density at radius 1 is 1.28 bits per heavy atom. The lowest BCUT2D eigenvalue weighted by molar-refractivity contribution is 0.0696. The largest absolute Gasteiger partial charge is 0.478 e. The van der Waals surface area contributed by atoms with Gasteiger partial charge >= 0.3 is 5.97 Å². The highest BCUT2D eigenvalue weighted by molar-refractivity contribution is 5.94. The number of nitrogens with one attached hydrogen (secondary N) is 1. The second kappa shape index (κ2) is 3.66. The van der Waals surface area contributed by atoms with Crippen LogP contribution in [0.3, 0.4) is 0 Å². The van der Waals surface area contributed by atoms with Gasteiger partial charge in [0.2, 0.25) is 0 Å². The molecule has 0 fully saturated rings. The number of hydrogen-bond donors (Lipinski definition) is 2. The first kappa shape index (κ1) is 11.0. The van der Waals surface area contributed by atoms with Crippen LogP contribution in [0.2, 0.25) is 0 Å². The number of benzene rings is 1. The van der Waals surface area contributed by atoms with E-state index in [1.165, 1.54) is 6.07 Å². The number of aromatic amines is 1. The molecule has 0 amide bonds. The van der Waals surface area contributed by atoms with Crippen LogP contribution in [0.15, 0.2) is 16.9 Å². The smallest absolute Gasteiger partial charge is 0.335 e. The molecule has 0 spiro atoms. The van der Waals surface area contributed by atoms with Crippen molar-refractivity contribution in [2.75, 3.05) is 0 Å². The molecule has 0 radical (unpaired) electrons. The summed E-state index contributed by atoms with van der Waals surface area (Å²) in [5.41, 5.74) is 1.22. The number of carboxylic acids is 1. The number of rotatable bonds is 1. The minimum atomic E-state index is -1.21. The van der Waals surface area contributed by atoms with Gasteiger partial charge in [-0.25, -0.2) is 9.18 Å². The quantitative estimate of drug-likeness (QED) is 0.808.